The van der Waals surface area contributed by atoms with Crippen LogP contribution in [-0.2, 0) is 52.4 Å². The van der Waals surface area contributed by atoms with Crippen LogP contribution < -0.4 is 0 Å². The Labute approximate surface area is 449 Å². The van der Waals surface area contributed by atoms with E-state index in [4.69, 9.17) is 28.4 Å². The fraction of sp³-hybridized carbons (Fsp3) is 0.724. The number of allylic oxidation sites excluding steroid dienone is 2. The van der Waals surface area contributed by atoms with Gasteiger partial charge in [-0.15, -0.1) is 0 Å². The zero-order valence-corrected chi connectivity index (χ0v) is 46.6. The van der Waals surface area contributed by atoms with Gasteiger partial charge in [0.05, 0.1) is 28.8 Å². The number of cyclic esters (lactones) is 1. The maximum absolute atomic E-state index is 14.6. The first-order valence-electron chi connectivity index (χ1n) is 27.6. The summed E-state index contributed by atoms with van der Waals surface area (Å²) in [4.78, 5) is 96.4. The van der Waals surface area contributed by atoms with Gasteiger partial charge in [-0.2, -0.15) is 0 Å². The summed E-state index contributed by atoms with van der Waals surface area (Å²) in [6.07, 6.45) is 6.41. The fourth-order valence-corrected chi connectivity index (χ4v) is 11.7. The van der Waals surface area contributed by atoms with Crippen LogP contribution in [0.2, 0.25) is 0 Å². The number of amides is 1. The van der Waals surface area contributed by atoms with Gasteiger partial charge < -0.3 is 43.5 Å². The topological polar surface area (TPSA) is 245 Å². The SMILES string of the molecule is CO[C@H]1C[C@@H]2CC[C@@H](C)[C@@](O)(O2)C(=O)C(=O)N2CCCC[C@H]2C(=O)O[C@H]([C@H](C)C[C@@H]2CC[C@@H](OC(=O)c3ccc([N+](=O)[O-])cc3)[C@H](OC)C2)CC(=O)[C@H](C)/C=C(\C)[C@@H](O)[C@@H](OC)C(=O)[C@H](C)C[C@H](C)CCCC/C=C/1C. The maximum atomic E-state index is 14.6. The van der Waals surface area contributed by atoms with E-state index in [1.165, 1.54) is 43.4 Å². The Bertz CT molecular complexity index is 2230. The van der Waals surface area contributed by atoms with Crippen LogP contribution in [0, 0.1) is 45.6 Å². The van der Waals surface area contributed by atoms with Gasteiger partial charge in [0, 0.05) is 70.6 Å². The van der Waals surface area contributed by atoms with Gasteiger partial charge in [0.2, 0.25) is 5.79 Å². The number of fused-ring (bicyclic) bond motifs is 3. The predicted molar refractivity (Wildman–Crippen MR) is 282 cm³/mol. The molecular formula is C58H86N2O16. The predicted octanol–water partition coefficient (Wildman–Crippen LogP) is 8.40. The first-order chi connectivity index (χ1) is 36.0. The summed E-state index contributed by atoms with van der Waals surface area (Å²) in [5.74, 6) is -8.84. The lowest BCUT2D eigenvalue weighted by Crippen LogP contribution is -2.61. The first kappa shape index (κ1) is 62.1. The summed E-state index contributed by atoms with van der Waals surface area (Å²) in [6.45, 7) is 12.8. The second-order valence-corrected chi connectivity index (χ2v) is 22.5. The molecule has 0 radical (unpaired) electrons. The number of ketones is 3. The summed E-state index contributed by atoms with van der Waals surface area (Å²) < 4.78 is 35.7. The summed E-state index contributed by atoms with van der Waals surface area (Å²) >= 11 is 0. The number of ether oxygens (including phenoxy) is 6. The highest BCUT2D eigenvalue weighted by molar-refractivity contribution is 6.39. The van der Waals surface area contributed by atoms with Gasteiger partial charge >= 0.3 is 11.9 Å². The number of carbonyl (C=O) groups is 6. The minimum atomic E-state index is -2.45. The van der Waals surface area contributed by atoms with Crippen LogP contribution >= 0.6 is 0 Å². The van der Waals surface area contributed by atoms with Crippen molar-refractivity contribution in [2.75, 3.05) is 27.9 Å². The van der Waals surface area contributed by atoms with Crippen molar-refractivity contribution in [2.45, 2.75) is 206 Å². The average Bonchev–Trinajstić information content (AvgIpc) is 3.40. The summed E-state index contributed by atoms with van der Waals surface area (Å²) in [7, 11) is 4.50. The van der Waals surface area contributed by atoms with E-state index in [1.807, 2.05) is 20.8 Å². The lowest BCUT2D eigenvalue weighted by Gasteiger charge is -2.42. The molecule has 76 heavy (non-hydrogen) atoms. The largest absolute Gasteiger partial charge is 0.460 e. The Kier molecular flexibility index (Phi) is 23.5. The molecule has 18 nitrogen and oxygen atoms in total. The molecule has 4 aliphatic rings. The maximum Gasteiger partial charge on any atom is 0.338 e. The van der Waals surface area contributed by atoms with E-state index in [0.29, 0.717) is 69.8 Å². The normalized spacial score (nSPS) is 35.7. The third-order valence-corrected chi connectivity index (χ3v) is 16.7. The van der Waals surface area contributed by atoms with Gasteiger partial charge in [-0.25, -0.2) is 9.59 Å². The summed E-state index contributed by atoms with van der Waals surface area (Å²) in [5, 5.41) is 34.8. The number of hydrogen-bond donors (Lipinski definition) is 2. The number of aliphatic hydroxyl groups is 2. The lowest BCUT2D eigenvalue weighted by atomic mass is 9.78. The van der Waals surface area contributed by atoms with Crippen LogP contribution in [0.3, 0.4) is 0 Å². The standard InChI is InChI=1S/C58H86N2O16/c1-34-16-12-11-13-17-35(2)48(71-8)32-44-25-19-40(7)58(68,76-44)54(64)55(65)59-27-15-14-18-45(59)57(67)75-49(33-46(61)36(3)29-39(6)52(63)53(73-10)51(62)38(5)28-34)37(4)30-41-20-26-47(50(31-41)72-9)74-56(66)42-21-23-43(24-22-42)60(69)70/h17,21-24,29,34,36-38,40-41,44-45,47-50,52-53,63,68H,11-16,18-20,25-28,30-33H2,1-10H3/b35-17+,39-29+/t34-,36-,37-,38-,40-,41+,44+,45+,47-,48+,49+,50-,52-,53+,58-/m1/s1. The van der Waals surface area contributed by atoms with Crippen molar-refractivity contribution in [3.05, 3.63) is 63.2 Å². The highest BCUT2D eigenvalue weighted by atomic mass is 16.6. The van der Waals surface area contributed by atoms with Crippen molar-refractivity contribution in [3.8, 4) is 0 Å². The first-order valence-corrected chi connectivity index (χ1v) is 27.6. The van der Waals surface area contributed by atoms with E-state index in [0.717, 1.165) is 31.3 Å². The molecule has 1 amide bonds. The number of aliphatic hydroxyl groups excluding tert-OH is 1. The number of esters is 2. The zero-order valence-electron chi connectivity index (χ0n) is 46.6. The third kappa shape index (κ3) is 16.2. The number of methoxy groups -OCH3 is 3. The van der Waals surface area contributed by atoms with E-state index in [9.17, 15) is 49.1 Å². The van der Waals surface area contributed by atoms with Crippen LogP contribution in [0.25, 0.3) is 0 Å². The quantitative estimate of drug-likeness (QED) is 0.0775. The molecule has 2 N–H and O–H groups in total. The van der Waals surface area contributed by atoms with E-state index in [2.05, 4.69) is 13.0 Å². The molecule has 3 heterocycles. The van der Waals surface area contributed by atoms with Gasteiger partial charge in [0.1, 0.15) is 36.2 Å². The Hall–Kier alpha value is -4.72. The number of benzene rings is 1. The van der Waals surface area contributed by atoms with Gasteiger partial charge in [-0.1, -0.05) is 59.6 Å². The number of nitro groups is 1. The van der Waals surface area contributed by atoms with Gasteiger partial charge in [-0.3, -0.25) is 29.3 Å². The molecular weight excluding hydrogens is 981 g/mol. The zero-order chi connectivity index (χ0) is 56.0. The molecule has 15 atom stereocenters. The number of nitrogens with zero attached hydrogens (tertiary/aromatic N) is 2. The Morgan fingerprint density at radius 3 is 2.21 bits per heavy atom. The van der Waals surface area contributed by atoms with Crippen LogP contribution in [0.4, 0.5) is 5.69 Å². The van der Waals surface area contributed by atoms with Crippen LogP contribution in [0.1, 0.15) is 162 Å². The summed E-state index contributed by atoms with van der Waals surface area (Å²) in [6, 6.07) is 3.95. The third-order valence-electron chi connectivity index (χ3n) is 16.7. The molecule has 5 rings (SSSR count). The van der Waals surface area contributed by atoms with Gasteiger partial charge in [-0.05, 0) is 132 Å². The Morgan fingerprint density at radius 2 is 1.55 bits per heavy atom. The second-order valence-electron chi connectivity index (χ2n) is 22.5. The molecule has 1 aromatic rings. The number of hydrogen-bond acceptors (Lipinski definition) is 16. The molecule has 2 bridgehead atoms. The minimum Gasteiger partial charge on any atom is -0.460 e. The molecule has 0 aromatic heterocycles. The smallest absolute Gasteiger partial charge is 0.338 e. The monoisotopic (exact) mass is 1070 g/mol. The minimum absolute atomic E-state index is 0.0343. The van der Waals surface area contributed by atoms with Crippen molar-refractivity contribution in [1.82, 2.24) is 4.90 Å². The molecule has 2 saturated heterocycles. The number of nitro benzene ring substituents is 1. The molecule has 1 aromatic carbocycles. The van der Waals surface area contributed by atoms with Crippen LogP contribution in [0.15, 0.2) is 47.6 Å². The summed E-state index contributed by atoms with van der Waals surface area (Å²) in [5.41, 5.74) is 1.35. The van der Waals surface area contributed by atoms with E-state index < -0.39 is 101 Å². The Morgan fingerprint density at radius 1 is 0.855 bits per heavy atom. The van der Waals surface area contributed by atoms with Crippen LogP contribution in [-0.4, -0.2) is 138 Å². The Balaban J connectivity index is 1.42. The number of rotatable bonds is 9. The van der Waals surface area contributed by atoms with Crippen molar-refractivity contribution >= 4 is 40.9 Å². The second kappa shape index (κ2) is 28.8. The number of carbonyl (C=O) groups excluding carboxylic acids is 6. The average molecular weight is 1070 g/mol. The van der Waals surface area contributed by atoms with Gasteiger partial charge in [0.25, 0.3) is 17.4 Å². The van der Waals surface area contributed by atoms with Crippen molar-refractivity contribution in [3.63, 3.8) is 0 Å². The number of non-ortho nitro benzene ring substituents is 1. The van der Waals surface area contributed by atoms with E-state index in [1.54, 1.807) is 34.0 Å². The molecule has 0 unspecified atom stereocenters. The molecule has 1 saturated carbocycles. The number of piperidine rings is 1. The van der Waals surface area contributed by atoms with Crippen molar-refractivity contribution in [2.24, 2.45) is 35.5 Å². The van der Waals surface area contributed by atoms with E-state index in [-0.39, 0.29) is 60.1 Å². The number of Topliss-reactive ketones (excluding diaryl/α,β-unsaturated/α-hetero) is 3. The molecule has 18 heteroatoms. The van der Waals surface area contributed by atoms with Crippen molar-refractivity contribution in [1.29, 1.82) is 0 Å². The molecule has 3 fully saturated rings. The molecule has 0 spiro atoms. The molecule has 424 valence electrons. The highest BCUT2D eigenvalue weighted by Crippen LogP contribution is 2.38. The highest BCUT2D eigenvalue weighted by Gasteiger charge is 2.53. The van der Waals surface area contributed by atoms with Crippen LogP contribution in [0.5, 0.6) is 0 Å². The fourth-order valence-electron chi connectivity index (χ4n) is 11.7. The van der Waals surface area contributed by atoms with Gasteiger partial charge in [0.15, 0.2) is 5.78 Å². The lowest BCUT2D eigenvalue weighted by molar-refractivity contribution is -0.384. The molecule has 3 aliphatic heterocycles. The van der Waals surface area contributed by atoms with E-state index >= 15 is 0 Å². The molecule has 1 aliphatic carbocycles. The van der Waals surface area contributed by atoms with Crippen molar-refractivity contribution < 1.29 is 72.3 Å².